The third kappa shape index (κ3) is 2.15. The highest BCUT2D eigenvalue weighted by Gasteiger charge is 2.04. The number of rotatable bonds is 3. The van der Waals surface area contributed by atoms with E-state index >= 15 is 0 Å². The maximum Gasteiger partial charge on any atom is -0.00330 e. The first kappa shape index (κ1) is 7.74. The fraction of sp³-hybridized carbons (Fsp3) is 0.625. The summed E-state index contributed by atoms with van der Waals surface area (Å²) in [5, 5.41) is 0. The predicted octanol–water partition coefficient (Wildman–Crippen LogP) is 2.81. The molecule has 0 heterocycles. The Labute approximate surface area is 52.6 Å². The summed E-state index contributed by atoms with van der Waals surface area (Å²) < 4.78 is 0. The molecule has 0 aromatic rings. The van der Waals surface area contributed by atoms with Crippen LogP contribution in [0.4, 0.5) is 0 Å². The molecular formula is C8H15. The summed E-state index contributed by atoms with van der Waals surface area (Å²) in [6.45, 7) is 10.2. The lowest BCUT2D eigenvalue weighted by atomic mass is 9.94. The lowest BCUT2D eigenvalue weighted by Gasteiger charge is -2.11. The summed E-state index contributed by atoms with van der Waals surface area (Å²) in [7, 11) is 0. The quantitative estimate of drug-likeness (QED) is 0.525. The van der Waals surface area contributed by atoms with E-state index in [9.17, 15) is 0 Å². The summed E-state index contributed by atoms with van der Waals surface area (Å²) in [5.41, 5.74) is 0. The van der Waals surface area contributed by atoms with Gasteiger partial charge >= 0.3 is 0 Å². The SMILES string of the molecule is C=C[C](C)C(C)CC. The first-order valence-corrected chi connectivity index (χ1v) is 3.18. The molecule has 0 aliphatic rings. The van der Waals surface area contributed by atoms with Crippen LogP contribution >= 0.6 is 0 Å². The van der Waals surface area contributed by atoms with Crippen molar-refractivity contribution >= 4 is 0 Å². The van der Waals surface area contributed by atoms with E-state index in [4.69, 9.17) is 0 Å². The molecule has 1 unspecified atom stereocenters. The maximum absolute atomic E-state index is 3.69. The Hall–Kier alpha value is -0.260. The van der Waals surface area contributed by atoms with E-state index in [0.717, 1.165) is 0 Å². The van der Waals surface area contributed by atoms with Crippen molar-refractivity contribution in [3.8, 4) is 0 Å². The Morgan fingerprint density at radius 1 is 1.75 bits per heavy atom. The highest BCUT2D eigenvalue weighted by atomic mass is 14.1. The van der Waals surface area contributed by atoms with E-state index in [0.29, 0.717) is 5.92 Å². The van der Waals surface area contributed by atoms with E-state index in [1.54, 1.807) is 0 Å². The second-order valence-corrected chi connectivity index (χ2v) is 2.26. The van der Waals surface area contributed by atoms with Crippen molar-refractivity contribution in [2.24, 2.45) is 5.92 Å². The van der Waals surface area contributed by atoms with Crippen molar-refractivity contribution in [1.82, 2.24) is 0 Å². The number of hydrogen-bond donors (Lipinski definition) is 0. The minimum atomic E-state index is 0.715. The summed E-state index contributed by atoms with van der Waals surface area (Å²) >= 11 is 0. The Morgan fingerprint density at radius 2 is 2.25 bits per heavy atom. The Kier molecular flexibility index (Phi) is 3.59. The van der Waals surface area contributed by atoms with Gasteiger partial charge in [0.05, 0.1) is 0 Å². The van der Waals surface area contributed by atoms with Crippen LogP contribution in [0.2, 0.25) is 0 Å². The number of allylic oxidation sites excluding steroid dienone is 1. The zero-order chi connectivity index (χ0) is 6.57. The monoisotopic (exact) mass is 111 g/mol. The minimum Gasteiger partial charge on any atom is -0.102 e. The summed E-state index contributed by atoms with van der Waals surface area (Å²) in [6.07, 6.45) is 3.16. The predicted molar refractivity (Wildman–Crippen MR) is 38.6 cm³/mol. The van der Waals surface area contributed by atoms with Crippen LogP contribution in [0.15, 0.2) is 12.7 Å². The molecule has 0 saturated heterocycles. The molecule has 0 spiro atoms. The van der Waals surface area contributed by atoms with Gasteiger partial charge in [0, 0.05) is 0 Å². The first-order valence-electron chi connectivity index (χ1n) is 3.18. The van der Waals surface area contributed by atoms with Gasteiger partial charge in [0.15, 0.2) is 0 Å². The van der Waals surface area contributed by atoms with Gasteiger partial charge in [-0.15, -0.1) is 6.58 Å². The molecule has 0 aliphatic carbocycles. The standard InChI is InChI=1S/C8H15/c1-5-7(3)8(4)6-2/h5,8H,1,6H2,2-4H3. The molecule has 0 aliphatic heterocycles. The maximum atomic E-state index is 3.69. The second-order valence-electron chi connectivity index (χ2n) is 2.26. The third-order valence-corrected chi connectivity index (χ3v) is 1.71. The second kappa shape index (κ2) is 3.71. The summed E-state index contributed by atoms with van der Waals surface area (Å²) in [6, 6.07) is 0. The van der Waals surface area contributed by atoms with E-state index in [2.05, 4.69) is 27.4 Å². The van der Waals surface area contributed by atoms with Gasteiger partial charge in [0.1, 0.15) is 0 Å². The molecule has 1 radical (unpaired) electrons. The van der Waals surface area contributed by atoms with Crippen molar-refractivity contribution in [2.45, 2.75) is 27.2 Å². The van der Waals surface area contributed by atoms with Crippen LogP contribution in [-0.2, 0) is 0 Å². The third-order valence-electron chi connectivity index (χ3n) is 1.71. The first-order chi connectivity index (χ1) is 3.72. The van der Waals surface area contributed by atoms with Crippen molar-refractivity contribution in [3.63, 3.8) is 0 Å². The molecule has 0 saturated carbocycles. The van der Waals surface area contributed by atoms with Crippen LogP contribution in [0.5, 0.6) is 0 Å². The smallest absolute Gasteiger partial charge is 0.00330 e. The molecule has 0 aromatic carbocycles. The van der Waals surface area contributed by atoms with Crippen LogP contribution < -0.4 is 0 Å². The average Bonchev–Trinajstić information content (AvgIpc) is 1.84. The molecule has 0 aromatic heterocycles. The molecule has 0 fully saturated rings. The largest absolute Gasteiger partial charge is 0.102 e. The van der Waals surface area contributed by atoms with Crippen molar-refractivity contribution in [1.29, 1.82) is 0 Å². The van der Waals surface area contributed by atoms with E-state index in [1.807, 2.05) is 6.08 Å². The molecule has 47 valence electrons. The van der Waals surface area contributed by atoms with E-state index in [1.165, 1.54) is 12.3 Å². The van der Waals surface area contributed by atoms with E-state index < -0.39 is 0 Å². The minimum absolute atomic E-state index is 0.715. The van der Waals surface area contributed by atoms with Gasteiger partial charge in [-0.05, 0) is 11.8 Å². The van der Waals surface area contributed by atoms with Gasteiger partial charge in [0.2, 0.25) is 0 Å². The van der Waals surface area contributed by atoms with Crippen LogP contribution in [0.3, 0.4) is 0 Å². The molecular weight excluding hydrogens is 96.1 g/mol. The molecule has 0 N–H and O–H groups in total. The lowest BCUT2D eigenvalue weighted by molar-refractivity contribution is 0.606. The zero-order valence-corrected chi connectivity index (χ0v) is 6.07. The molecule has 0 rings (SSSR count). The van der Waals surface area contributed by atoms with Crippen LogP contribution in [-0.4, -0.2) is 0 Å². The molecule has 1 atom stereocenters. The Bertz CT molecular complexity index is 64.4. The van der Waals surface area contributed by atoms with Gasteiger partial charge in [-0.1, -0.05) is 33.3 Å². The van der Waals surface area contributed by atoms with Gasteiger partial charge < -0.3 is 0 Å². The van der Waals surface area contributed by atoms with Crippen LogP contribution in [0.25, 0.3) is 0 Å². The zero-order valence-electron chi connectivity index (χ0n) is 6.07. The molecule has 0 heteroatoms. The average molecular weight is 111 g/mol. The summed E-state index contributed by atoms with van der Waals surface area (Å²) in [4.78, 5) is 0. The molecule has 8 heavy (non-hydrogen) atoms. The normalized spacial score (nSPS) is 14.0. The molecule has 0 amide bonds. The highest BCUT2D eigenvalue weighted by molar-refractivity contribution is 5.04. The van der Waals surface area contributed by atoms with Crippen molar-refractivity contribution < 1.29 is 0 Å². The van der Waals surface area contributed by atoms with Gasteiger partial charge in [0.25, 0.3) is 0 Å². The highest BCUT2D eigenvalue weighted by Crippen LogP contribution is 2.16. The van der Waals surface area contributed by atoms with E-state index in [-0.39, 0.29) is 0 Å². The summed E-state index contributed by atoms with van der Waals surface area (Å²) in [5.74, 6) is 2.11. The lowest BCUT2D eigenvalue weighted by Crippen LogP contribution is -1.99. The Balaban J connectivity index is 3.44. The number of hydrogen-bond acceptors (Lipinski definition) is 0. The van der Waals surface area contributed by atoms with Gasteiger partial charge in [-0.3, -0.25) is 0 Å². The van der Waals surface area contributed by atoms with Gasteiger partial charge in [-0.2, -0.15) is 0 Å². The fourth-order valence-corrected chi connectivity index (χ4v) is 0.523. The van der Waals surface area contributed by atoms with Gasteiger partial charge in [-0.25, -0.2) is 0 Å². The van der Waals surface area contributed by atoms with Crippen molar-refractivity contribution in [2.75, 3.05) is 0 Å². The molecule has 0 nitrogen and oxygen atoms in total. The van der Waals surface area contributed by atoms with Crippen LogP contribution in [0, 0.1) is 11.8 Å². The van der Waals surface area contributed by atoms with Crippen molar-refractivity contribution in [3.05, 3.63) is 18.6 Å². The fourth-order valence-electron chi connectivity index (χ4n) is 0.523. The van der Waals surface area contributed by atoms with Crippen LogP contribution in [0.1, 0.15) is 27.2 Å². The Morgan fingerprint density at radius 3 is 2.38 bits per heavy atom. The topological polar surface area (TPSA) is 0 Å². The molecule has 0 bridgehead atoms.